The Balaban J connectivity index is 1.85. The van der Waals surface area contributed by atoms with Crippen molar-refractivity contribution in [1.29, 1.82) is 0 Å². The standard InChI is InChI=1S/C13H15N3/c1-2-5-12-14-13(16-15-12)11-8-9-6-3-4-7-10(9)11/h3-4,6-7,11H,2,5,8H2,1H3,(H,14,15,16). The quantitative estimate of drug-likeness (QED) is 0.850. The molecule has 0 spiro atoms. The summed E-state index contributed by atoms with van der Waals surface area (Å²) in [6.45, 7) is 2.15. The van der Waals surface area contributed by atoms with E-state index in [1.165, 1.54) is 11.1 Å². The van der Waals surface area contributed by atoms with Gasteiger partial charge in [0.15, 0.2) is 5.82 Å². The molecule has 1 aromatic heterocycles. The first-order chi connectivity index (χ1) is 7.88. The average Bonchev–Trinajstić information content (AvgIpc) is 2.69. The van der Waals surface area contributed by atoms with Crippen LogP contribution >= 0.6 is 0 Å². The minimum Gasteiger partial charge on any atom is -0.263 e. The van der Waals surface area contributed by atoms with Gasteiger partial charge in [0, 0.05) is 6.42 Å². The molecule has 1 aliphatic rings. The van der Waals surface area contributed by atoms with Gasteiger partial charge in [-0.1, -0.05) is 31.2 Å². The first kappa shape index (κ1) is 9.58. The lowest BCUT2D eigenvalue weighted by atomic mass is 9.77. The van der Waals surface area contributed by atoms with E-state index in [1.807, 2.05) is 0 Å². The summed E-state index contributed by atoms with van der Waals surface area (Å²) in [6, 6.07) is 8.55. The molecule has 0 aliphatic heterocycles. The SMILES string of the molecule is CCCc1nc(C2Cc3ccccc32)n[nH]1. The fourth-order valence-electron chi connectivity index (χ4n) is 2.30. The van der Waals surface area contributed by atoms with E-state index in [-0.39, 0.29) is 0 Å². The molecule has 1 unspecified atom stereocenters. The molecular weight excluding hydrogens is 198 g/mol. The molecule has 3 heteroatoms. The molecule has 2 aromatic rings. The second-order valence-electron chi connectivity index (χ2n) is 4.35. The lowest BCUT2D eigenvalue weighted by molar-refractivity contribution is 0.662. The summed E-state index contributed by atoms with van der Waals surface area (Å²) in [4.78, 5) is 4.55. The van der Waals surface area contributed by atoms with Crippen LogP contribution in [0, 0.1) is 0 Å². The van der Waals surface area contributed by atoms with Crippen LogP contribution in [0.3, 0.4) is 0 Å². The highest BCUT2D eigenvalue weighted by Crippen LogP contribution is 2.38. The molecule has 0 saturated heterocycles. The van der Waals surface area contributed by atoms with Crippen LogP contribution in [-0.4, -0.2) is 15.2 Å². The summed E-state index contributed by atoms with van der Waals surface area (Å²) < 4.78 is 0. The molecule has 0 bridgehead atoms. The lowest BCUT2D eigenvalue weighted by Gasteiger charge is -2.27. The largest absolute Gasteiger partial charge is 0.263 e. The second-order valence-corrected chi connectivity index (χ2v) is 4.35. The van der Waals surface area contributed by atoms with Crippen molar-refractivity contribution < 1.29 is 0 Å². The molecule has 0 fully saturated rings. The van der Waals surface area contributed by atoms with Crippen LogP contribution in [0.5, 0.6) is 0 Å². The third kappa shape index (κ3) is 1.43. The number of H-pyrrole nitrogens is 1. The van der Waals surface area contributed by atoms with E-state index >= 15 is 0 Å². The summed E-state index contributed by atoms with van der Waals surface area (Å²) in [5.41, 5.74) is 2.83. The number of aryl methyl sites for hydroxylation is 1. The average molecular weight is 213 g/mol. The van der Waals surface area contributed by atoms with Gasteiger partial charge in [0.2, 0.25) is 0 Å². The van der Waals surface area contributed by atoms with Crippen molar-refractivity contribution in [3.8, 4) is 0 Å². The normalized spacial score (nSPS) is 17.9. The van der Waals surface area contributed by atoms with Gasteiger partial charge in [-0.3, -0.25) is 5.10 Å². The van der Waals surface area contributed by atoms with Crippen LogP contribution < -0.4 is 0 Å². The van der Waals surface area contributed by atoms with Crippen LogP contribution in [0.25, 0.3) is 0 Å². The summed E-state index contributed by atoms with van der Waals surface area (Å²) in [5, 5.41) is 7.35. The minimum absolute atomic E-state index is 0.415. The Morgan fingerprint density at radius 2 is 2.25 bits per heavy atom. The third-order valence-electron chi connectivity index (χ3n) is 3.20. The number of rotatable bonds is 3. The zero-order chi connectivity index (χ0) is 11.0. The highest BCUT2D eigenvalue weighted by Gasteiger charge is 2.29. The zero-order valence-corrected chi connectivity index (χ0v) is 9.40. The molecule has 1 heterocycles. The maximum Gasteiger partial charge on any atom is 0.158 e. The van der Waals surface area contributed by atoms with E-state index in [9.17, 15) is 0 Å². The number of aromatic amines is 1. The predicted molar refractivity (Wildman–Crippen MR) is 62.4 cm³/mol. The van der Waals surface area contributed by atoms with Gasteiger partial charge in [-0.2, -0.15) is 5.10 Å². The van der Waals surface area contributed by atoms with Gasteiger partial charge in [-0.25, -0.2) is 4.98 Å². The van der Waals surface area contributed by atoms with Crippen LogP contribution in [0.2, 0.25) is 0 Å². The predicted octanol–water partition coefficient (Wildman–Crippen LogP) is 2.45. The Bertz CT molecular complexity index is 501. The first-order valence-corrected chi connectivity index (χ1v) is 5.87. The Labute approximate surface area is 94.9 Å². The number of aromatic nitrogens is 3. The lowest BCUT2D eigenvalue weighted by Crippen LogP contribution is -2.19. The van der Waals surface area contributed by atoms with Gasteiger partial charge in [0.25, 0.3) is 0 Å². The van der Waals surface area contributed by atoms with Gasteiger partial charge < -0.3 is 0 Å². The van der Waals surface area contributed by atoms with E-state index in [0.717, 1.165) is 30.9 Å². The molecule has 0 saturated carbocycles. The minimum atomic E-state index is 0.415. The smallest absolute Gasteiger partial charge is 0.158 e. The topological polar surface area (TPSA) is 41.6 Å². The number of benzene rings is 1. The maximum absolute atomic E-state index is 4.55. The van der Waals surface area contributed by atoms with Crippen molar-refractivity contribution >= 4 is 0 Å². The molecule has 82 valence electrons. The number of nitrogens with one attached hydrogen (secondary N) is 1. The Morgan fingerprint density at radius 1 is 1.38 bits per heavy atom. The summed E-state index contributed by atoms with van der Waals surface area (Å²) >= 11 is 0. The van der Waals surface area contributed by atoms with Crippen molar-refractivity contribution in [1.82, 2.24) is 15.2 Å². The fraction of sp³-hybridized carbons (Fsp3) is 0.385. The Hall–Kier alpha value is -1.64. The molecule has 3 nitrogen and oxygen atoms in total. The van der Waals surface area contributed by atoms with Crippen molar-refractivity contribution in [2.75, 3.05) is 0 Å². The van der Waals surface area contributed by atoms with Gasteiger partial charge in [-0.15, -0.1) is 0 Å². The molecule has 1 N–H and O–H groups in total. The number of hydrogen-bond donors (Lipinski definition) is 1. The molecule has 0 radical (unpaired) electrons. The van der Waals surface area contributed by atoms with Crippen molar-refractivity contribution in [2.24, 2.45) is 0 Å². The zero-order valence-electron chi connectivity index (χ0n) is 9.40. The Morgan fingerprint density at radius 3 is 3.06 bits per heavy atom. The third-order valence-corrected chi connectivity index (χ3v) is 3.20. The highest BCUT2D eigenvalue weighted by molar-refractivity contribution is 5.43. The molecule has 1 aliphatic carbocycles. The number of hydrogen-bond acceptors (Lipinski definition) is 2. The van der Waals surface area contributed by atoms with Crippen LogP contribution in [0.4, 0.5) is 0 Å². The maximum atomic E-state index is 4.55. The van der Waals surface area contributed by atoms with E-state index in [0.29, 0.717) is 5.92 Å². The molecular formula is C13H15N3. The van der Waals surface area contributed by atoms with Crippen molar-refractivity contribution in [2.45, 2.75) is 32.1 Å². The van der Waals surface area contributed by atoms with Crippen molar-refractivity contribution in [3.05, 3.63) is 47.0 Å². The van der Waals surface area contributed by atoms with Crippen LogP contribution in [0.15, 0.2) is 24.3 Å². The monoisotopic (exact) mass is 213 g/mol. The molecule has 16 heavy (non-hydrogen) atoms. The highest BCUT2D eigenvalue weighted by atomic mass is 15.2. The van der Waals surface area contributed by atoms with Crippen LogP contribution in [-0.2, 0) is 12.8 Å². The van der Waals surface area contributed by atoms with E-state index in [1.54, 1.807) is 0 Å². The summed E-state index contributed by atoms with van der Waals surface area (Å²) in [7, 11) is 0. The number of nitrogens with zero attached hydrogens (tertiary/aromatic N) is 2. The summed E-state index contributed by atoms with van der Waals surface area (Å²) in [5.74, 6) is 2.39. The van der Waals surface area contributed by atoms with Crippen LogP contribution in [0.1, 0.15) is 42.0 Å². The van der Waals surface area contributed by atoms with E-state index < -0.39 is 0 Å². The fourth-order valence-corrected chi connectivity index (χ4v) is 2.30. The van der Waals surface area contributed by atoms with Gasteiger partial charge in [0.1, 0.15) is 5.82 Å². The molecule has 3 rings (SSSR count). The molecule has 0 amide bonds. The van der Waals surface area contributed by atoms with E-state index in [2.05, 4.69) is 46.4 Å². The van der Waals surface area contributed by atoms with Gasteiger partial charge in [0.05, 0.1) is 5.92 Å². The Kier molecular flexibility index (Phi) is 2.24. The van der Waals surface area contributed by atoms with Crippen molar-refractivity contribution in [3.63, 3.8) is 0 Å². The van der Waals surface area contributed by atoms with Gasteiger partial charge in [-0.05, 0) is 24.0 Å². The first-order valence-electron chi connectivity index (χ1n) is 5.87. The number of fused-ring (bicyclic) bond motifs is 1. The second kappa shape index (κ2) is 3.74. The molecule has 1 aromatic carbocycles. The van der Waals surface area contributed by atoms with E-state index in [4.69, 9.17) is 0 Å². The summed E-state index contributed by atoms with van der Waals surface area (Å²) in [6.07, 6.45) is 3.18. The van der Waals surface area contributed by atoms with Gasteiger partial charge >= 0.3 is 0 Å². The molecule has 1 atom stereocenters.